The highest BCUT2D eigenvalue weighted by molar-refractivity contribution is 6.07. The molecular weight excluding hydrogens is 364 g/mol. The van der Waals surface area contributed by atoms with Crippen molar-refractivity contribution in [3.63, 3.8) is 0 Å². The number of amides is 1. The van der Waals surface area contributed by atoms with Crippen LogP contribution in [0.1, 0.15) is 37.5 Å². The number of hydrogen-bond acceptors (Lipinski definition) is 5. The SMILES string of the molecule is CCC[C@@H]1N(Cc2cc(-c3ccncc3)no2)CC[C@]12C(=O)Nc1ccccc12. The Morgan fingerprint density at radius 3 is 2.90 bits per heavy atom. The van der Waals surface area contributed by atoms with Gasteiger partial charge in [0.2, 0.25) is 5.91 Å². The van der Waals surface area contributed by atoms with Crippen molar-refractivity contribution in [3.8, 4) is 11.3 Å². The van der Waals surface area contributed by atoms with Crippen molar-refractivity contribution < 1.29 is 9.32 Å². The summed E-state index contributed by atoms with van der Waals surface area (Å²) >= 11 is 0. The predicted molar refractivity (Wildman–Crippen MR) is 110 cm³/mol. The highest BCUT2D eigenvalue weighted by Crippen LogP contribution is 2.49. The van der Waals surface area contributed by atoms with Crippen LogP contribution in [0.3, 0.4) is 0 Å². The molecule has 148 valence electrons. The number of pyridine rings is 1. The van der Waals surface area contributed by atoms with E-state index in [0.717, 1.165) is 54.1 Å². The first-order valence-electron chi connectivity index (χ1n) is 10.2. The summed E-state index contributed by atoms with van der Waals surface area (Å²) in [6, 6.07) is 14.1. The van der Waals surface area contributed by atoms with Crippen LogP contribution in [0, 0.1) is 0 Å². The first-order chi connectivity index (χ1) is 14.2. The standard InChI is InChI=1S/C23H24N4O2/c1-2-5-21-23(18-6-3-4-7-19(18)25-22(23)28)10-13-27(21)15-17-14-20(26-29-17)16-8-11-24-12-9-16/h3-4,6-9,11-12,14,21H,2,5,10,13,15H2,1H3,(H,25,28)/t21-,23+/m0/s1. The van der Waals surface area contributed by atoms with Crippen molar-refractivity contribution in [2.75, 3.05) is 11.9 Å². The number of benzene rings is 1. The summed E-state index contributed by atoms with van der Waals surface area (Å²) in [4.78, 5) is 19.6. The third kappa shape index (κ3) is 2.86. The molecule has 0 radical (unpaired) electrons. The molecule has 1 amide bonds. The van der Waals surface area contributed by atoms with E-state index in [4.69, 9.17) is 4.52 Å². The summed E-state index contributed by atoms with van der Waals surface area (Å²) in [5.41, 5.74) is 3.43. The van der Waals surface area contributed by atoms with Gasteiger partial charge in [-0.2, -0.15) is 0 Å². The summed E-state index contributed by atoms with van der Waals surface area (Å²) in [6.45, 7) is 3.69. The average molecular weight is 388 g/mol. The highest BCUT2D eigenvalue weighted by Gasteiger charge is 2.57. The molecule has 3 aromatic rings. The number of aromatic nitrogens is 2. The van der Waals surface area contributed by atoms with Crippen molar-refractivity contribution in [1.29, 1.82) is 0 Å². The van der Waals surface area contributed by atoms with Crippen molar-refractivity contribution >= 4 is 11.6 Å². The molecule has 5 rings (SSSR count). The Bertz CT molecular complexity index is 1030. The van der Waals surface area contributed by atoms with Crippen LogP contribution in [-0.2, 0) is 16.8 Å². The minimum atomic E-state index is -0.472. The van der Waals surface area contributed by atoms with Crippen LogP contribution in [0.5, 0.6) is 0 Å². The Balaban J connectivity index is 1.44. The van der Waals surface area contributed by atoms with Crippen LogP contribution in [0.25, 0.3) is 11.3 Å². The van der Waals surface area contributed by atoms with E-state index in [1.54, 1.807) is 12.4 Å². The van der Waals surface area contributed by atoms with E-state index in [1.165, 1.54) is 0 Å². The number of hydrogen-bond donors (Lipinski definition) is 1. The van der Waals surface area contributed by atoms with Gasteiger partial charge in [-0.3, -0.25) is 14.7 Å². The maximum atomic E-state index is 13.1. The molecule has 4 heterocycles. The minimum Gasteiger partial charge on any atom is -0.359 e. The zero-order valence-corrected chi connectivity index (χ0v) is 16.5. The van der Waals surface area contributed by atoms with Crippen molar-refractivity contribution in [3.05, 3.63) is 66.2 Å². The summed E-state index contributed by atoms with van der Waals surface area (Å²) in [6.07, 6.45) is 6.32. The highest BCUT2D eigenvalue weighted by atomic mass is 16.5. The summed E-state index contributed by atoms with van der Waals surface area (Å²) in [7, 11) is 0. The van der Waals surface area contributed by atoms with Gasteiger partial charge in [0.1, 0.15) is 5.69 Å². The number of anilines is 1. The van der Waals surface area contributed by atoms with Crippen molar-refractivity contribution in [1.82, 2.24) is 15.0 Å². The molecule has 1 spiro atoms. The number of carbonyl (C=O) groups is 1. The zero-order chi connectivity index (χ0) is 19.8. The lowest BCUT2D eigenvalue weighted by molar-refractivity contribution is -0.121. The number of nitrogens with one attached hydrogen (secondary N) is 1. The summed E-state index contributed by atoms with van der Waals surface area (Å²) in [5.74, 6) is 0.955. The molecule has 1 aromatic carbocycles. The number of nitrogens with zero attached hydrogens (tertiary/aromatic N) is 3. The van der Waals surface area contributed by atoms with E-state index >= 15 is 0 Å². The largest absolute Gasteiger partial charge is 0.359 e. The lowest BCUT2D eigenvalue weighted by atomic mass is 9.73. The van der Waals surface area contributed by atoms with Gasteiger partial charge in [-0.1, -0.05) is 36.7 Å². The molecule has 0 aliphatic carbocycles. The van der Waals surface area contributed by atoms with Gasteiger partial charge in [-0.15, -0.1) is 0 Å². The molecular formula is C23H24N4O2. The first kappa shape index (κ1) is 18.1. The van der Waals surface area contributed by atoms with Crippen LogP contribution in [0.4, 0.5) is 5.69 Å². The third-order valence-electron chi connectivity index (χ3n) is 6.32. The molecule has 1 N–H and O–H groups in total. The number of para-hydroxylation sites is 1. The Morgan fingerprint density at radius 2 is 2.07 bits per heavy atom. The lowest BCUT2D eigenvalue weighted by Crippen LogP contribution is -2.46. The van der Waals surface area contributed by atoms with Gasteiger partial charge in [-0.05, 0) is 36.6 Å². The number of rotatable bonds is 5. The molecule has 2 aliphatic rings. The van der Waals surface area contributed by atoms with Crippen LogP contribution < -0.4 is 5.32 Å². The molecule has 0 bridgehead atoms. The van der Waals surface area contributed by atoms with Crippen molar-refractivity contribution in [2.45, 2.75) is 44.2 Å². The Hall–Kier alpha value is -2.99. The topological polar surface area (TPSA) is 71.3 Å². The molecule has 2 atom stereocenters. The van der Waals surface area contributed by atoms with Gasteiger partial charge >= 0.3 is 0 Å². The Kier molecular flexibility index (Phi) is 4.43. The molecule has 2 aromatic heterocycles. The van der Waals surface area contributed by atoms with Crippen LogP contribution in [0.2, 0.25) is 0 Å². The van der Waals surface area contributed by atoms with Crippen LogP contribution in [0.15, 0.2) is 59.4 Å². The second kappa shape index (κ2) is 7.12. The average Bonchev–Trinajstić information content (AvgIpc) is 3.43. The maximum Gasteiger partial charge on any atom is 0.236 e. The Morgan fingerprint density at radius 1 is 1.24 bits per heavy atom. The molecule has 1 saturated heterocycles. The van der Waals surface area contributed by atoms with E-state index in [0.29, 0.717) is 6.54 Å². The molecule has 0 unspecified atom stereocenters. The first-order valence-corrected chi connectivity index (χ1v) is 10.2. The van der Waals surface area contributed by atoms with Crippen molar-refractivity contribution in [2.24, 2.45) is 0 Å². The maximum absolute atomic E-state index is 13.1. The van der Waals surface area contributed by atoms with Gasteiger partial charge in [-0.25, -0.2) is 0 Å². The van der Waals surface area contributed by atoms with Gasteiger partial charge in [0.05, 0.1) is 12.0 Å². The van der Waals surface area contributed by atoms with E-state index in [2.05, 4.69) is 33.3 Å². The van der Waals surface area contributed by atoms with Gasteiger partial charge in [0.25, 0.3) is 0 Å². The predicted octanol–water partition coefficient (Wildman–Crippen LogP) is 4.00. The van der Waals surface area contributed by atoms with Gasteiger partial charge in [0.15, 0.2) is 5.76 Å². The summed E-state index contributed by atoms with van der Waals surface area (Å²) in [5, 5.41) is 7.35. The number of likely N-dealkylation sites (tertiary alicyclic amines) is 1. The molecule has 2 aliphatic heterocycles. The molecule has 6 heteroatoms. The fourth-order valence-corrected chi connectivity index (χ4v) is 5.01. The van der Waals surface area contributed by atoms with E-state index in [1.807, 2.05) is 36.4 Å². The fourth-order valence-electron chi connectivity index (χ4n) is 5.01. The van der Waals surface area contributed by atoms with Crippen LogP contribution in [-0.4, -0.2) is 33.5 Å². The monoisotopic (exact) mass is 388 g/mol. The Labute approximate surface area is 169 Å². The minimum absolute atomic E-state index is 0.134. The zero-order valence-electron chi connectivity index (χ0n) is 16.5. The van der Waals surface area contributed by atoms with Gasteiger partial charge in [0, 0.05) is 42.3 Å². The quantitative estimate of drug-likeness (QED) is 0.715. The second-order valence-corrected chi connectivity index (χ2v) is 7.91. The second-order valence-electron chi connectivity index (χ2n) is 7.91. The normalized spacial score (nSPS) is 23.5. The molecule has 29 heavy (non-hydrogen) atoms. The lowest BCUT2D eigenvalue weighted by Gasteiger charge is -2.33. The molecule has 0 saturated carbocycles. The van der Waals surface area contributed by atoms with E-state index < -0.39 is 5.41 Å². The van der Waals surface area contributed by atoms with Gasteiger partial charge < -0.3 is 9.84 Å². The molecule has 1 fully saturated rings. The number of carbonyl (C=O) groups excluding carboxylic acids is 1. The van der Waals surface area contributed by atoms with E-state index in [-0.39, 0.29) is 11.9 Å². The smallest absolute Gasteiger partial charge is 0.236 e. The fraction of sp³-hybridized carbons (Fsp3) is 0.348. The van der Waals surface area contributed by atoms with Crippen LogP contribution >= 0.6 is 0 Å². The third-order valence-corrected chi connectivity index (χ3v) is 6.32. The number of fused-ring (bicyclic) bond motifs is 2. The molecule has 6 nitrogen and oxygen atoms in total. The van der Waals surface area contributed by atoms with E-state index in [9.17, 15) is 4.79 Å². The summed E-state index contributed by atoms with van der Waals surface area (Å²) < 4.78 is 5.64.